The highest BCUT2D eigenvalue weighted by molar-refractivity contribution is 5.97. The van der Waals surface area contributed by atoms with Crippen molar-refractivity contribution in [2.24, 2.45) is 13.0 Å². The summed E-state index contributed by atoms with van der Waals surface area (Å²) < 4.78 is 1.97. The number of aryl methyl sites for hydroxylation is 1. The van der Waals surface area contributed by atoms with E-state index >= 15 is 0 Å². The topological polar surface area (TPSA) is 88.7 Å². The molecule has 0 saturated carbocycles. The summed E-state index contributed by atoms with van der Waals surface area (Å²) in [5, 5.41) is 11.0. The maximum Gasteiger partial charge on any atom is 0.270 e. The molecule has 0 spiro atoms. The standard InChI is InChI=1S/C22H30N4O4/c1-16(2)13-24(14-20-10-7-11-23(20)5)21(27)15-25(17(3)4)22(28)18-8-6-9-19(12-18)26(29)30/h6-12,16-17H,13-15H2,1-5H3. The second kappa shape index (κ2) is 10.0. The fraction of sp³-hybridized carbons (Fsp3) is 0.455. The average molecular weight is 415 g/mol. The van der Waals surface area contributed by atoms with E-state index in [4.69, 9.17) is 0 Å². The van der Waals surface area contributed by atoms with Crippen LogP contribution < -0.4 is 0 Å². The lowest BCUT2D eigenvalue weighted by atomic mass is 10.1. The molecule has 2 rings (SSSR count). The van der Waals surface area contributed by atoms with Crippen molar-refractivity contribution in [3.05, 3.63) is 64.0 Å². The molecule has 1 aromatic carbocycles. The fourth-order valence-corrected chi connectivity index (χ4v) is 3.20. The molecule has 0 unspecified atom stereocenters. The Balaban J connectivity index is 2.23. The Bertz CT molecular complexity index is 904. The van der Waals surface area contributed by atoms with E-state index in [-0.39, 0.29) is 35.7 Å². The summed E-state index contributed by atoms with van der Waals surface area (Å²) in [6.07, 6.45) is 1.93. The SMILES string of the molecule is CC(C)CN(Cc1cccn1C)C(=O)CN(C(=O)c1cccc([N+](=O)[O-])c1)C(C)C. The number of nitro benzene ring substituents is 1. The Morgan fingerprint density at radius 2 is 1.83 bits per heavy atom. The van der Waals surface area contributed by atoms with Gasteiger partial charge in [0.2, 0.25) is 5.91 Å². The monoisotopic (exact) mass is 414 g/mol. The first-order valence-corrected chi connectivity index (χ1v) is 10.0. The summed E-state index contributed by atoms with van der Waals surface area (Å²) >= 11 is 0. The van der Waals surface area contributed by atoms with Gasteiger partial charge in [-0.2, -0.15) is 0 Å². The Kier molecular flexibility index (Phi) is 7.74. The molecule has 0 saturated heterocycles. The Morgan fingerprint density at radius 1 is 1.13 bits per heavy atom. The van der Waals surface area contributed by atoms with Gasteiger partial charge in [0.1, 0.15) is 6.54 Å². The van der Waals surface area contributed by atoms with Crippen LogP contribution in [0.2, 0.25) is 0 Å². The third kappa shape index (κ3) is 5.92. The molecule has 0 fully saturated rings. The second-order valence-electron chi connectivity index (χ2n) is 8.11. The van der Waals surface area contributed by atoms with Gasteiger partial charge in [-0.25, -0.2) is 0 Å². The van der Waals surface area contributed by atoms with Crippen molar-refractivity contribution in [3.8, 4) is 0 Å². The van der Waals surface area contributed by atoms with Crippen molar-refractivity contribution < 1.29 is 14.5 Å². The van der Waals surface area contributed by atoms with Crippen LogP contribution in [0, 0.1) is 16.0 Å². The minimum Gasteiger partial charge on any atom is -0.353 e. The maximum absolute atomic E-state index is 13.2. The van der Waals surface area contributed by atoms with Crippen molar-refractivity contribution in [1.29, 1.82) is 0 Å². The van der Waals surface area contributed by atoms with Gasteiger partial charge in [-0.05, 0) is 38.0 Å². The van der Waals surface area contributed by atoms with Crippen molar-refractivity contribution in [3.63, 3.8) is 0 Å². The van der Waals surface area contributed by atoms with Crippen LogP contribution in [0.5, 0.6) is 0 Å². The first kappa shape index (κ1) is 23.1. The van der Waals surface area contributed by atoms with Crippen molar-refractivity contribution >= 4 is 17.5 Å². The Labute approximate surface area is 177 Å². The number of nitrogens with zero attached hydrogens (tertiary/aromatic N) is 4. The predicted octanol–water partition coefficient (Wildman–Crippen LogP) is 3.47. The van der Waals surface area contributed by atoms with Crippen LogP contribution in [0.25, 0.3) is 0 Å². The molecule has 2 amide bonds. The third-order valence-electron chi connectivity index (χ3n) is 4.84. The lowest BCUT2D eigenvalue weighted by Crippen LogP contribution is -2.46. The molecule has 0 aliphatic heterocycles. The number of non-ortho nitro benzene ring substituents is 1. The number of hydrogen-bond acceptors (Lipinski definition) is 4. The first-order chi connectivity index (χ1) is 14.1. The van der Waals surface area contributed by atoms with Crippen molar-refractivity contribution in [1.82, 2.24) is 14.4 Å². The summed E-state index contributed by atoms with van der Waals surface area (Å²) in [7, 11) is 1.93. The average Bonchev–Trinajstić information content (AvgIpc) is 3.08. The molecule has 0 aliphatic rings. The molecule has 162 valence electrons. The zero-order valence-electron chi connectivity index (χ0n) is 18.2. The largest absolute Gasteiger partial charge is 0.353 e. The van der Waals surface area contributed by atoms with E-state index in [1.807, 2.05) is 57.6 Å². The quantitative estimate of drug-likeness (QED) is 0.464. The minimum absolute atomic E-state index is 0.0870. The molecule has 8 nitrogen and oxygen atoms in total. The normalized spacial score (nSPS) is 11.0. The highest BCUT2D eigenvalue weighted by atomic mass is 16.6. The highest BCUT2D eigenvalue weighted by Crippen LogP contribution is 2.17. The number of rotatable bonds is 9. The van der Waals surface area contributed by atoms with Gasteiger partial charge in [0.15, 0.2) is 0 Å². The summed E-state index contributed by atoms with van der Waals surface area (Å²) in [5.74, 6) is -0.281. The maximum atomic E-state index is 13.2. The van der Waals surface area contributed by atoms with Crippen LogP contribution in [-0.4, -0.2) is 50.2 Å². The zero-order chi connectivity index (χ0) is 22.4. The summed E-state index contributed by atoms with van der Waals surface area (Å²) in [4.78, 5) is 39.9. The van der Waals surface area contributed by atoms with E-state index in [0.29, 0.717) is 13.1 Å². The van der Waals surface area contributed by atoms with E-state index in [9.17, 15) is 19.7 Å². The number of nitro groups is 1. The molecule has 2 aromatic rings. The van der Waals surface area contributed by atoms with Crippen LogP contribution in [0.3, 0.4) is 0 Å². The molecule has 0 N–H and O–H groups in total. The van der Waals surface area contributed by atoms with Gasteiger partial charge >= 0.3 is 0 Å². The minimum atomic E-state index is -0.536. The predicted molar refractivity (Wildman–Crippen MR) is 115 cm³/mol. The molecule has 1 aromatic heterocycles. The van der Waals surface area contributed by atoms with Gasteiger partial charge in [0, 0.05) is 49.2 Å². The van der Waals surface area contributed by atoms with Crippen LogP contribution in [-0.2, 0) is 18.4 Å². The van der Waals surface area contributed by atoms with E-state index < -0.39 is 10.8 Å². The van der Waals surface area contributed by atoms with Crippen LogP contribution in [0.15, 0.2) is 42.6 Å². The molecule has 0 radical (unpaired) electrons. The number of benzene rings is 1. The van der Waals surface area contributed by atoms with E-state index in [0.717, 1.165) is 5.69 Å². The van der Waals surface area contributed by atoms with Gasteiger partial charge in [-0.15, -0.1) is 0 Å². The van der Waals surface area contributed by atoms with Crippen LogP contribution in [0.4, 0.5) is 5.69 Å². The lowest BCUT2D eigenvalue weighted by Gasteiger charge is -2.31. The van der Waals surface area contributed by atoms with Gasteiger partial charge < -0.3 is 14.4 Å². The first-order valence-electron chi connectivity index (χ1n) is 10.0. The van der Waals surface area contributed by atoms with Crippen LogP contribution >= 0.6 is 0 Å². The molecule has 0 atom stereocenters. The van der Waals surface area contributed by atoms with E-state index in [1.54, 1.807) is 4.90 Å². The number of amides is 2. The van der Waals surface area contributed by atoms with Gasteiger partial charge in [0.05, 0.1) is 11.5 Å². The molecule has 0 bridgehead atoms. The Hall–Kier alpha value is -3.16. The molecule has 0 aliphatic carbocycles. The smallest absolute Gasteiger partial charge is 0.270 e. The zero-order valence-corrected chi connectivity index (χ0v) is 18.2. The Morgan fingerprint density at radius 3 is 2.37 bits per heavy atom. The molecule has 30 heavy (non-hydrogen) atoms. The van der Waals surface area contributed by atoms with E-state index in [1.165, 1.54) is 29.2 Å². The third-order valence-corrected chi connectivity index (χ3v) is 4.84. The van der Waals surface area contributed by atoms with E-state index in [2.05, 4.69) is 0 Å². The van der Waals surface area contributed by atoms with Gasteiger partial charge in [-0.1, -0.05) is 19.9 Å². The molecule has 1 heterocycles. The molecule has 8 heteroatoms. The summed E-state index contributed by atoms with van der Waals surface area (Å²) in [6, 6.07) is 9.26. The van der Waals surface area contributed by atoms with Crippen molar-refractivity contribution in [2.75, 3.05) is 13.1 Å². The van der Waals surface area contributed by atoms with Crippen LogP contribution in [0.1, 0.15) is 43.7 Å². The van der Waals surface area contributed by atoms with Gasteiger partial charge in [0.25, 0.3) is 11.6 Å². The fourth-order valence-electron chi connectivity index (χ4n) is 3.20. The van der Waals surface area contributed by atoms with Gasteiger partial charge in [-0.3, -0.25) is 19.7 Å². The summed E-state index contributed by atoms with van der Waals surface area (Å²) in [6.45, 7) is 8.67. The number of hydrogen-bond donors (Lipinski definition) is 0. The molecular formula is C22H30N4O4. The summed E-state index contributed by atoms with van der Waals surface area (Å²) in [5.41, 5.74) is 1.05. The van der Waals surface area contributed by atoms with Crippen molar-refractivity contribution in [2.45, 2.75) is 40.3 Å². The number of carbonyl (C=O) groups is 2. The number of carbonyl (C=O) groups excluding carboxylic acids is 2. The second-order valence-corrected chi connectivity index (χ2v) is 8.11. The molecular weight excluding hydrogens is 384 g/mol. The highest BCUT2D eigenvalue weighted by Gasteiger charge is 2.26. The lowest BCUT2D eigenvalue weighted by molar-refractivity contribution is -0.384. The number of aromatic nitrogens is 1.